The summed E-state index contributed by atoms with van der Waals surface area (Å²) in [5, 5.41) is 0. The van der Waals surface area contributed by atoms with E-state index in [-0.39, 0.29) is 5.41 Å². The molecule has 134 valence electrons. The lowest BCUT2D eigenvalue weighted by molar-refractivity contribution is 0.524. The highest BCUT2D eigenvalue weighted by molar-refractivity contribution is 5.80. The molecule has 1 aromatic heterocycles. The van der Waals surface area contributed by atoms with Crippen molar-refractivity contribution in [2.45, 2.75) is 33.1 Å². The number of aromatic nitrogens is 1. The van der Waals surface area contributed by atoms with E-state index in [0.29, 0.717) is 0 Å². The van der Waals surface area contributed by atoms with E-state index in [0.717, 1.165) is 12.2 Å². The highest BCUT2D eigenvalue weighted by atomic mass is 15.1. The van der Waals surface area contributed by atoms with Crippen molar-refractivity contribution in [3.05, 3.63) is 83.7 Å². The van der Waals surface area contributed by atoms with Crippen LogP contribution in [0.1, 0.15) is 30.7 Å². The third-order valence-corrected chi connectivity index (χ3v) is 5.05. The second-order valence-electron chi connectivity index (χ2n) is 7.76. The third-order valence-electron chi connectivity index (χ3n) is 5.05. The maximum atomic E-state index is 4.58. The molecule has 0 atom stereocenters. The lowest BCUT2D eigenvalue weighted by Crippen LogP contribution is -2.34. The molecule has 0 fully saturated rings. The SMILES string of the molecule is Cc1cc(-c2ccccc2C)c(N(C)CC(C)(C)c2ccccc2)cn1. The van der Waals surface area contributed by atoms with Crippen LogP contribution >= 0.6 is 0 Å². The van der Waals surface area contributed by atoms with E-state index in [1.165, 1.54) is 27.9 Å². The van der Waals surface area contributed by atoms with Crippen molar-refractivity contribution in [3.63, 3.8) is 0 Å². The molecule has 0 aliphatic carbocycles. The van der Waals surface area contributed by atoms with Gasteiger partial charge in [-0.1, -0.05) is 68.4 Å². The zero-order valence-electron chi connectivity index (χ0n) is 16.5. The molecule has 0 saturated heterocycles. The Balaban J connectivity index is 1.98. The maximum Gasteiger partial charge on any atom is 0.0630 e. The number of pyridine rings is 1. The number of hydrogen-bond donors (Lipinski definition) is 0. The molecule has 1 heterocycles. The molecule has 3 rings (SSSR count). The molecule has 0 aliphatic rings. The molecule has 2 aromatic carbocycles. The summed E-state index contributed by atoms with van der Waals surface area (Å²) in [6.07, 6.45) is 2.01. The zero-order valence-corrected chi connectivity index (χ0v) is 16.5. The summed E-state index contributed by atoms with van der Waals surface area (Å²) in [7, 11) is 2.17. The first-order chi connectivity index (χ1) is 12.4. The Labute approximate surface area is 157 Å². The highest BCUT2D eigenvalue weighted by Gasteiger charge is 2.24. The number of hydrogen-bond acceptors (Lipinski definition) is 2. The van der Waals surface area contributed by atoms with Crippen LogP contribution in [-0.4, -0.2) is 18.6 Å². The van der Waals surface area contributed by atoms with Crippen molar-refractivity contribution in [1.29, 1.82) is 0 Å². The van der Waals surface area contributed by atoms with Gasteiger partial charge in [0.25, 0.3) is 0 Å². The summed E-state index contributed by atoms with van der Waals surface area (Å²) in [5.74, 6) is 0. The second-order valence-corrected chi connectivity index (χ2v) is 7.76. The number of benzene rings is 2. The molecule has 0 amide bonds. The van der Waals surface area contributed by atoms with Gasteiger partial charge in [0.15, 0.2) is 0 Å². The van der Waals surface area contributed by atoms with Gasteiger partial charge in [0, 0.05) is 30.3 Å². The average Bonchev–Trinajstić information content (AvgIpc) is 2.62. The summed E-state index contributed by atoms with van der Waals surface area (Å²) in [6, 6.07) is 21.5. The lowest BCUT2D eigenvalue weighted by Gasteiger charge is -2.33. The molecule has 0 bridgehead atoms. The normalized spacial score (nSPS) is 11.4. The number of aryl methyl sites for hydroxylation is 2. The Morgan fingerprint density at radius 2 is 1.54 bits per heavy atom. The van der Waals surface area contributed by atoms with Crippen LogP contribution in [0.25, 0.3) is 11.1 Å². The van der Waals surface area contributed by atoms with Crippen LogP contribution in [0.4, 0.5) is 5.69 Å². The quantitative estimate of drug-likeness (QED) is 0.583. The molecule has 2 heteroatoms. The number of rotatable bonds is 5. The first-order valence-electron chi connectivity index (χ1n) is 9.18. The van der Waals surface area contributed by atoms with Crippen molar-refractivity contribution in [3.8, 4) is 11.1 Å². The van der Waals surface area contributed by atoms with Gasteiger partial charge in [0.2, 0.25) is 0 Å². The fourth-order valence-corrected chi connectivity index (χ4v) is 3.61. The Kier molecular flexibility index (Phi) is 5.13. The summed E-state index contributed by atoms with van der Waals surface area (Å²) >= 11 is 0. The molecule has 0 radical (unpaired) electrons. The predicted octanol–water partition coefficient (Wildman–Crippen LogP) is 5.78. The fraction of sp³-hybridized carbons (Fsp3) is 0.292. The summed E-state index contributed by atoms with van der Waals surface area (Å²) < 4.78 is 0. The minimum atomic E-state index is 0.0455. The summed E-state index contributed by atoms with van der Waals surface area (Å²) in [4.78, 5) is 6.91. The minimum absolute atomic E-state index is 0.0455. The van der Waals surface area contributed by atoms with E-state index in [2.05, 4.69) is 105 Å². The van der Waals surface area contributed by atoms with Gasteiger partial charge < -0.3 is 4.90 Å². The molecule has 0 N–H and O–H groups in total. The molecule has 0 spiro atoms. The lowest BCUT2D eigenvalue weighted by atomic mass is 9.84. The number of likely N-dealkylation sites (N-methyl/N-ethyl adjacent to an activating group) is 1. The minimum Gasteiger partial charge on any atom is -0.372 e. The average molecular weight is 345 g/mol. The molecule has 2 nitrogen and oxygen atoms in total. The monoisotopic (exact) mass is 344 g/mol. The first kappa shape index (κ1) is 18.2. The van der Waals surface area contributed by atoms with Crippen LogP contribution in [0.3, 0.4) is 0 Å². The van der Waals surface area contributed by atoms with Gasteiger partial charge in [0.1, 0.15) is 0 Å². The van der Waals surface area contributed by atoms with Gasteiger partial charge >= 0.3 is 0 Å². The first-order valence-corrected chi connectivity index (χ1v) is 9.18. The third kappa shape index (κ3) is 3.80. The number of anilines is 1. The van der Waals surface area contributed by atoms with Crippen molar-refractivity contribution in [1.82, 2.24) is 4.98 Å². The smallest absolute Gasteiger partial charge is 0.0630 e. The van der Waals surface area contributed by atoms with Crippen LogP contribution in [0.5, 0.6) is 0 Å². The maximum absolute atomic E-state index is 4.58. The van der Waals surface area contributed by atoms with Gasteiger partial charge in [-0.15, -0.1) is 0 Å². The van der Waals surface area contributed by atoms with Gasteiger partial charge in [-0.05, 0) is 36.6 Å². The van der Waals surface area contributed by atoms with Crippen LogP contribution in [0.2, 0.25) is 0 Å². The van der Waals surface area contributed by atoms with Crippen molar-refractivity contribution in [2.24, 2.45) is 0 Å². The van der Waals surface area contributed by atoms with E-state index in [4.69, 9.17) is 0 Å². The van der Waals surface area contributed by atoms with Gasteiger partial charge in [0.05, 0.1) is 11.9 Å². The summed E-state index contributed by atoms with van der Waals surface area (Å²) in [6.45, 7) is 9.74. The second kappa shape index (κ2) is 7.33. The fourth-order valence-electron chi connectivity index (χ4n) is 3.61. The highest BCUT2D eigenvalue weighted by Crippen LogP contribution is 2.34. The Hall–Kier alpha value is -2.61. The zero-order chi connectivity index (χ0) is 18.7. The largest absolute Gasteiger partial charge is 0.372 e. The molecule has 0 saturated carbocycles. The van der Waals surface area contributed by atoms with Crippen LogP contribution < -0.4 is 4.90 Å². The van der Waals surface area contributed by atoms with Crippen LogP contribution in [0, 0.1) is 13.8 Å². The van der Waals surface area contributed by atoms with Gasteiger partial charge in [-0.25, -0.2) is 0 Å². The Morgan fingerprint density at radius 1 is 0.885 bits per heavy atom. The van der Waals surface area contributed by atoms with E-state index < -0.39 is 0 Å². The van der Waals surface area contributed by atoms with E-state index in [1.54, 1.807) is 0 Å². The van der Waals surface area contributed by atoms with Gasteiger partial charge in [-0.2, -0.15) is 0 Å². The molecule has 3 aromatic rings. The van der Waals surface area contributed by atoms with E-state index in [9.17, 15) is 0 Å². The van der Waals surface area contributed by atoms with Gasteiger partial charge in [-0.3, -0.25) is 4.98 Å². The molecule has 26 heavy (non-hydrogen) atoms. The van der Waals surface area contributed by atoms with Crippen molar-refractivity contribution in [2.75, 3.05) is 18.5 Å². The Morgan fingerprint density at radius 3 is 2.23 bits per heavy atom. The standard InChI is InChI=1S/C24H28N2/c1-18-11-9-10-14-21(18)22-15-19(2)25-16-23(22)26(5)17-24(3,4)20-12-7-6-8-13-20/h6-16H,17H2,1-5H3. The number of nitrogens with zero attached hydrogens (tertiary/aromatic N) is 2. The van der Waals surface area contributed by atoms with Crippen molar-refractivity contribution >= 4 is 5.69 Å². The Bertz CT molecular complexity index is 882. The molecule has 0 unspecified atom stereocenters. The van der Waals surface area contributed by atoms with Crippen molar-refractivity contribution < 1.29 is 0 Å². The van der Waals surface area contributed by atoms with E-state index >= 15 is 0 Å². The van der Waals surface area contributed by atoms with Crippen LogP contribution in [-0.2, 0) is 5.41 Å². The summed E-state index contributed by atoms with van der Waals surface area (Å²) in [5.41, 5.74) is 7.43. The van der Waals surface area contributed by atoms with E-state index in [1.807, 2.05) is 6.20 Å². The molecule has 0 aliphatic heterocycles. The van der Waals surface area contributed by atoms with Crippen LogP contribution in [0.15, 0.2) is 66.9 Å². The topological polar surface area (TPSA) is 16.1 Å². The molecular formula is C24H28N2. The molecular weight excluding hydrogens is 316 g/mol. The predicted molar refractivity (Wildman–Crippen MR) is 112 cm³/mol.